The first-order valence-electron chi connectivity index (χ1n) is 5.28. The highest BCUT2D eigenvalue weighted by Crippen LogP contribution is 2.10. The fraction of sp³-hybridized carbons (Fsp3) is 0.417. The van der Waals surface area contributed by atoms with Gasteiger partial charge in [-0.3, -0.25) is 0 Å². The Morgan fingerprint density at radius 3 is 2.69 bits per heavy atom. The molecule has 0 N–H and O–H groups in total. The lowest BCUT2D eigenvalue weighted by Gasteiger charge is -2.33. The van der Waals surface area contributed by atoms with E-state index >= 15 is 0 Å². The minimum Gasteiger partial charge on any atom is -0.445 e. The molecule has 2 rings (SSSR count). The van der Waals surface area contributed by atoms with Crippen molar-refractivity contribution < 1.29 is 14.3 Å². The van der Waals surface area contributed by atoms with Gasteiger partial charge in [-0.1, -0.05) is 30.3 Å². The minimum atomic E-state index is -0.294. The second-order valence-electron chi connectivity index (χ2n) is 3.84. The Balaban J connectivity index is 1.79. The molecule has 1 aromatic carbocycles. The van der Waals surface area contributed by atoms with Crippen LogP contribution in [-0.2, 0) is 16.1 Å². The second-order valence-corrected chi connectivity index (χ2v) is 3.84. The summed E-state index contributed by atoms with van der Waals surface area (Å²) in [6.07, 6.45) is -0.294. The molecule has 1 aliphatic rings. The van der Waals surface area contributed by atoms with Gasteiger partial charge in [0.15, 0.2) is 0 Å². The molecule has 0 saturated carbocycles. The van der Waals surface area contributed by atoms with Crippen LogP contribution in [0.4, 0.5) is 4.79 Å². The smallest absolute Gasteiger partial charge is 0.410 e. The molecule has 0 aliphatic carbocycles. The van der Waals surface area contributed by atoms with Crippen molar-refractivity contribution in [1.82, 2.24) is 4.90 Å². The molecule has 1 aromatic rings. The highest BCUT2D eigenvalue weighted by molar-refractivity contribution is 5.67. The van der Waals surface area contributed by atoms with Crippen molar-refractivity contribution in [3.05, 3.63) is 35.9 Å². The van der Waals surface area contributed by atoms with Crippen LogP contribution in [0.15, 0.2) is 30.3 Å². The molecular formula is C12H15NO3. The summed E-state index contributed by atoms with van der Waals surface area (Å²) in [5.74, 6) is 0. The average molecular weight is 221 g/mol. The Labute approximate surface area is 94.8 Å². The number of hydrogen-bond donors (Lipinski definition) is 0. The molecule has 0 spiro atoms. The van der Waals surface area contributed by atoms with E-state index in [0.29, 0.717) is 19.8 Å². The van der Waals surface area contributed by atoms with E-state index in [1.165, 1.54) is 0 Å². The topological polar surface area (TPSA) is 38.8 Å². The van der Waals surface area contributed by atoms with Crippen molar-refractivity contribution in [3.63, 3.8) is 0 Å². The first-order chi connectivity index (χ1) is 7.77. The van der Waals surface area contributed by atoms with Crippen molar-refractivity contribution >= 4 is 6.09 Å². The van der Waals surface area contributed by atoms with Crippen LogP contribution in [0, 0.1) is 0 Å². The number of ether oxygens (including phenoxy) is 2. The van der Waals surface area contributed by atoms with E-state index < -0.39 is 0 Å². The van der Waals surface area contributed by atoms with Gasteiger partial charge >= 0.3 is 6.09 Å². The maximum absolute atomic E-state index is 11.6. The predicted molar refractivity (Wildman–Crippen MR) is 59.0 cm³/mol. The van der Waals surface area contributed by atoms with Crippen molar-refractivity contribution in [2.75, 3.05) is 20.3 Å². The van der Waals surface area contributed by atoms with E-state index in [-0.39, 0.29) is 12.1 Å². The van der Waals surface area contributed by atoms with Crippen LogP contribution in [0.2, 0.25) is 0 Å². The Hall–Kier alpha value is -1.55. The van der Waals surface area contributed by atoms with Gasteiger partial charge in [0.1, 0.15) is 6.61 Å². The molecule has 0 aromatic heterocycles. The van der Waals surface area contributed by atoms with Crippen LogP contribution in [-0.4, -0.2) is 37.3 Å². The van der Waals surface area contributed by atoms with Crippen molar-refractivity contribution in [2.45, 2.75) is 12.6 Å². The summed E-state index contributed by atoms with van der Waals surface area (Å²) in [4.78, 5) is 13.2. The summed E-state index contributed by atoms with van der Waals surface area (Å²) in [5.41, 5.74) is 0.995. The highest BCUT2D eigenvalue weighted by atomic mass is 16.6. The molecule has 4 heteroatoms. The van der Waals surface area contributed by atoms with Crippen molar-refractivity contribution in [2.24, 2.45) is 0 Å². The molecule has 1 heterocycles. The lowest BCUT2D eigenvalue weighted by molar-refractivity contribution is -0.0530. The van der Waals surface area contributed by atoms with Crippen LogP contribution in [0.1, 0.15) is 5.56 Å². The Morgan fingerprint density at radius 2 is 2.12 bits per heavy atom. The summed E-state index contributed by atoms with van der Waals surface area (Å²) in [7, 11) is 1.74. The number of nitrogens with zero attached hydrogens (tertiary/aromatic N) is 1. The normalized spacial score (nSPS) is 15.3. The van der Waals surface area contributed by atoms with E-state index in [1.54, 1.807) is 11.9 Å². The molecule has 1 amide bonds. The molecule has 4 nitrogen and oxygen atoms in total. The van der Waals surface area contributed by atoms with Gasteiger partial charge in [-0.05, 0) is 5.56 Å². The number of carbonyl (C=O) groups is 1. The second kappa shape index (κ2) is 4.99. The van der Waals surface area contributed by atoms with Crippen LogP contribution in [0.25, 0.3) is 0 Å². The first-order valence-corrected chi connectivity index (χ1v) is 5.28. The largest absolute Gasteiger partial charge is 0.445 e. The SMILES string of the molecule is CN(C(=O)OCc1ccccc1)C1COC1. The van der Waals surface area contributed by atoms with E-state index in [2.05, 4.69) is 0 Å². The number of carbonyl (C=O) groups excluding carboxylic acids is 1. The summed E-state index contributed by atoms with van der Waals surface area (Å²) >= 11 is 0. The Bertz CT molecular complexity index is 349. The van der Waals surface area contributed by atoms with Gasteiger partial charge in [-0.25, -0.2) is 4.79 Å². The Kier molecular flexibility index (Phi) is 3.41. The van der Waals surface area contributed by atoms with E-state index in [0.717, 1.165) is 5.56 Å². The molecule has 16 heavy (non-hydrogen) atoms. The number of amides is 1. The fourth-order valence-corrected chi connectivity index (χ4v) is 1.42. The molecule has 1 aliphatic heterocycles. The summed E-state index contributed by atoms with van der Waals surface area (Å²) in [5, 5.41) is 0. The molecule has 1 fully saturated rings. The van der Waals surface area contributed by atoms with Crippen LogP contribution < -0.4 is 0 Å². The third kappa shape index (κ3) is 2.52. The zero-order chi connectivity index (χ0) is 11.4. The van der Waals surface area contributed by atoms with Crippen molar-refractivity contribution in [1.29, 1.82) is 0 Å². The number of hydrogen-bond acceptors (Lipinski definition) is 3. The zero-order valence-electron chi connectivity index (χ0n) is 9.26. The third-order valence-electron chi connectivity index (χ3n) is 2.66. The molecular weight excluding hydrogens is 206 g/mol. The van der Waals surface area contributed by atoms with Gasteiger partial charge in [-0.2, -0.15) is 0 Å². The third-order valence-corrected chi connectivity index (χ3v) is 2.66. The maximum Gasteiger partial charge on any atom is 0.410 e. The van der Waals surface area contributed by atoms with Crippen LogP contribution in [0.5, 0.6) is 0 Å². The maximum atomic E-state index is 11.6. The molecule has 86 valence electrons. The summed E-state index contributed by atoms with van der Waals surface area (Å²) in [6.45, 7) is 1.53. The van der Waals surface area contributed by atoms with Gasteiger partial charge in [0, 0.05) is 7.05 Å². The number of rotatable bonds is 3. The van der Waals surface area contributed by atoms with Crippen LogP contribution in [0.3, 0.4) is 0 Å². The van der Waals surface area contributed by atoms with Gasteiger partial charge in [0.25, 0.3) is 0 Å². The monoisotopic (exact) mass is 221 g/mol. The lowest BCUT2D eigenvalue weighted by atomic mass is 10.2. The summed E-state index contributed by atoms with van der Waals surface area (Å²) in [6, 6.07) is 9.81. The average Bonchev–Trinajstić information content (AvgIpc) is 2.25. The quantitative estimate of drug-likeness (QED) is 0.779. The number of benzene rings is 1. The van der Waals surface area contributed by atoms with Gasteiger partial charge < -0.3 is 14.4 Å². The molecule has 0 atom stereocenters. The standard InChI is InChI=1S/C12H15NO3/c1-13(11-8-15-9-11)12(14)16-7-10-5-3-2-4-6-10/h2-6,11H,7-9H2,1H3. The highest BCUT2D eigenvalue weighted by Gasteiger charge is 2.27. The van der Waals surface area contributed by atoms with Gasteiger partial charge in [0.2, 0.25) is 0 Å². The minimum absolute atomic E-state index is 0.170. The predicted octanol–water partition coefficient (Wildman–Crippen LogP) is 1.65. The molecule has 0 unspecified atom stereocenters. The molecule has 1 saturated heterocycles. The molecule has 0 bridgehead atoms. The van der Waals surface area contributed by atoms with Gasteiger partial charge in [-0.15, -0.1) is 0 Å². The van der Waals surface area contributed by atoms with Crippen molar-refractivity contribution in [3.8, 4) is 0 Å². The van der Waals surface area contributed by atoms with E-state index in [9.17, 15) is 4.79 Å². The van der Waals surface area contributed by atoms with Crippen LogP contribution >= 0.6 is 0 Å². The number of likely N-dealkylation sites (N-methyl/N-ethyl adjacent to an activating group) is 1. The molecule has 0 radical (unpaired) electrons. The van der Waals surface area contributed by atoms with Gasteiger partial charge in [0.05, 0.1) is 19.3 Å². The lowest BCUT2D eigenvalue weighted by Crippen LogP contribution is -2.49. The summed E-state index contributed by atoms with van der Waals surface area (Å²) < 4.78 is 10.2. The van der Waals surface area contributed by atoms with E-state index in [4.69, 9.17) is 9.47 Å². The first kappa shape index (κ1) is 11.0. The Morgan fingerprint density at radius 1 is 1.44 bits per heavy atom. The van der Waals surface area contributed by atoms with E-state index in [1.807, 2.05) is 30.3 Å². The fourth-order valence-electron chi connectivity index (χ4n) is 1.42. The zero-order valence-corrected chi connectivity index (χ0v) is 9.26.